The van der Waals surface area contributed by atoms with Gasteiger partial charge in [0.25, 0.3) is 11.8 Å². The number of rotatable bonds is 6. The number of nitrogens with two attached hydrogens (primary N) is 2. The topological polar surface area (TPSA) is 185 Å². The van der Waals surface area contributed by atoms with Gasteiger partial charge >= 0.3 is 0 Å². The molecule has 4 aromatic rings. The molecule has 2 aliphatic heterocycles. The van der Waals surface area contributed by atoms with E-state index in [2.05, 4.69) is 10.9 Å². The molecule has 6 N–H and O–H groups in total. The summed E-state index contributed by atoms with van der Waals surface area (Å²) >= 11 is 11.7. The largest absolute Gasteiger partial charge is 0.282 e. The van der Waals surface area contributed by atoms with Crippen molar-refractivity contribution in [2.24, 2.45) is 10.3 Å². The van der Waals surface area contributed by atoms with Gasteiger partial charge in [0.2, 0.25) is 20.0 Å². The van der Waals surface area contributed by atoms with Crippen LogP contribution in [0.3, 0.4) is 0 Å². The molecule has 2 unspecified atom stereocenters. The number of nitrogens with one attached hydrogen (secondary N) is 2. The van der Waals surface area contributed by atoms with Crippen LogP contribution in [0.5, 0.6) is 0 Å². The van der Waals surface area contributed by atoms with Crippen LogP contribution in [0, 0.1) is 0 Å². The van der Waals surface area contributed by atoms with Gasteiger partial charge in [-0.15, -0.1) is 0 Å². The molecule has 6 rings (SSSR count). The minimum Gasteiger partial charge on any atom is -0.282 e. The van der Waals surface area contributed by atoms with Gasteiger partial charge in [0.15, 0.2) is 0 Å². The lowest BCUT2D eigenvalue weighted by Gasteiger charge is -2.25. The summed E-state index contributed by atoms with van der Waals surface area (Å²) in [5, 5.41) is 13.8. The maximum absolute atomic E-state index is 12.5. The average Bonchev–Trinajstić information content (AvgIpc) is 3.51. The molecule has 12 nitrogen and oxygen atoms in total. The monoisotopic (exact) mass is 730 g/mol. The zero-order chi connectivity index (χ0) is 35.0. The summed E-state index contributed by atoms with van der Waals surface area (Å²) in [6.45, 7) is 4.00. The van der Waals surface area contributed by atoms with E-state index >= 15 is 0 Å². The lowest BCUT2D eigenvalue weighted by atomic mass is 10.1. The maximum Gasteiger partial charge on any atom is 0.269 e. The van der Waals surface area contributed by atoms with E-state index in [0.29, 0.717) is 0 Å². The third-order valence-corrected chi connectivity index (χ3v) is 10.6. The zero-order valence-corrected chi connectivity index (χ0v) is 28.9. The van der Waals surface area contributed by atoms with Crippen LogP contribution in [-0.2, 0) is 32.9 Å². The molecule has 16 heteroatoms. The molecule has 48 heavy (non-hydrogen) atoms. The van der Waals surface area contributed by atoms with E-state index in [0.717, 1.165) is 35.3 Å². The molecule has 0 saturated carbocycles. The van der Waals surface area contributed by atoms with Gasteiger partial charge in [-0.2, -0.15) is 0 Å². The average molecular weight is 732 g/mol. The van der Waals surface area contributed by atoms with Gasteiger partial charge < -0.3 is 0 Å². The number of halogens is 2. The van der Waals surface area contributed by atoms with Crippen molar-refractivity contribution >= 4 is 66.4 Å². The number of primary sulfonamides is 2. The van der Waals surface area contributed by atoms with E-state index in [9.17, 15) is 26.4 Å². The number of para-hydroxylation sites is 2. The van der Waals surface area contributed by atoms with Gasteiger partial charge in [0.05, 0.1) is 33.5 Å². The van der Waals surface area contributed by atoms with Crippen molar-refractivity contribution in [3.8, 4) is 0 Å². The number of carbonyl (C=O) groups excluding carboxylic acids is 2. The molecule has 0 saturated heterocycles. The molecule has 0 spiro atoms. The number of fused-ring (bicyclic) bond motifs is 2. The first-order valence-corrected chi connectivity index (χ1v) is 18.4. The Bertz CT molecular complexity index is 1980. The highest BCUT2D eigenvalue weighted by molar-refractivity contribution is 7.89. The molecule has 0 fully saturated rings. The Labute approximate surface area is 288 Å². The first-order chi connectivity index (χ1) is 22.5. The first kappa shape index (κ1) is 35.1. The van der Waals surface area contributed by atoms with Crippen LogP contribution in [0.4, 0.5) is 11.4 Å². The molecule has 0 bridgehead atoms. The second-order valence-corrected chi connectivity index (χ2v) is 15.2. The number of benzene rings is 4. The highest BCUT2D eigenvalue weighted by Crippen LogP contribution is 2.32. The molecule has 2 heterocycles. The summed E-state index contributed by atoms with van der Waals surface area (Å²) in [6, 6.07) is 23.7. The van der Waals surface area contributed by atoms with Crippen LogP contribution in [-0.4, -0.2) is 40.7 Å². The smallest absolute Gasteiger partial charge is 0.269 e. The number of hydrazine groups is 2. The van der Waals surface area contributed by atoms with Gasteiger partial charge in [-0.25, -0.2) is 27.1 Å². The Hall–Kier alpha value is -4.18. The molecule has 0 aliphatic carbocycles. The fourth-order valence-corrected chi connectivity index (χ4v) is 7.69. The quantitative estimate of drug-likeness (QED) is 0.228. The first-order valence-electron chi connectivity index (χ1n) is 14.6. The fraction of sp³-hybridized carbons (Fsp3) is 0.188. The number of anilines is 2. The molecule has 4 aromatic carbocycles. The van der Waals surface area contributed by atoms with Gasteiger partial charge in [-0.3, -0.25) is 30.5 Å². The number of nitrogens with zero attached hydrogens (tertiary/aromatic N) is 2. The Balaban J connectivity index is 0.000000188. The third kappa shape index (κ3) is 7.59. The summed E-state index contributed by atoms with van der Waals surface area (Å²) in [7, 11) is -8.00. The standard InChI is InChI=1S/2C16H16ClN3O3S/c2*1-10-8-11-4-2-3-5-14(11)20(10)19-16(21)12-6-7-13(17)15(9-12)24(18,22)23/h2*2-7,9-10H,8H2,1H3,(H,19,21)(H2,18,22,23). The molecule has 252 valence electrons. The van der Waals surface area contributed by atoms with Crippen molar-refractivity contribution in [3.05, 3.63) is 117 Å². The van der Waals surface area contributed by atoms with E-state index in [1.807, 2.05) is 62.4 Å². The van der Waals surface area contributed by atoms with E-state index in [4.69, 9.17) is 33.5 Å². The second kappa shape index (κ2) is 13.7. The Kier molecular flexibility index (Phi) is 10.1. The minimum absolute atomic E-state index is 0.0195. The van der Waals surface area contributed by atoms with Crippen molar-refractivity contribution in [2.45, 2.75) is 48.6 Å². The second-order valence-electron chi connectivity index (χ2n) is 11.4. The van der Waals surface area contributed by atoms with Crippen LogP contribution >= 0.6 is 23.2 Å². The molecular weight excluding hydrogens is 699 g/mol. The number of sulfonamides is 2. The van der Waals surface area contributed by atoms with Crippen molar-refractivity contribution in [1.82, 2.24) is 10.9 Å². The summed E-state index contributed by atoms with van der Waals surface area (Å²) < 4.78 is 46.2. The Morgan fingerprint density at radius 1 is 0.646 bits per heavy atom. The predicted octanol–water partition coefficient (Wildman–Crippen LogP) is 4.17. The normalized spacial score (nSPS) is 16.8. The van der Waals surface area contributed by atoms with Crippen molar-refractivity contribution in [3.63, 3.8) is 0 Å². The summed E-state index contributed by atoms with van der Waals surface area (Å²) in [6.07, 6.45) is 1.64. The zero-order valence-electron chi connectivity index (χ0n) is 25.7. The van der Waals surface area contributed by atoms with Gasteiger partial charge in [-0.05, 0) is 86.3 Å². The fourth-order valence-electron chi connectivity index (χ4n) is 5.54. The van der Waals surface area contributed by atoms with Gasteiger partial charge in [-0.1, -0.05) is 59.6 Å². The maximum atomic E-state index is 12.5. The minimum atomic E-state index is -4.00. The highest BCUT2D eigenvalue weighted by Gasteiger charge is 2.29. The SMILES string of the molecule is CC1Cc2ccccc2N1NC(=O)c1ccc(Cl)c(S(N)(=O)=O)c1.CC1Cc2ccccc2N1NC(=O)c1ccc(Cl)c(S(N)(=O)=O)c1. The molecule has 2 aliphatic rings. The molecule has 2 amide bonds. The lowest BCUT2D eigenvalue weighted by Crippen LogP contribution is -2.45. The summed E-state index contributed by atoms with van der Waals surface area (Å²) in [4.78, 5) is 24.5. The summed E-state index contributed by atoms with van der Waals surface area (Å²) in [5.41, 5.74) is 10.1. The Morgan fingerprint density at radius 3 is 1.35 bits per heavy atom. The third-order valence-electron chi connectivity index (χ3n) is 7.86. The molecule has 0 aromatic heterocycles. The van der Waals surface area contributed by atoms with Crippen LogP contribution in [0.25, 0.3) is 0 Å². The number of amides is 2. The van der Waals surface area contributed by atoms with E-state index in [-0.39, 0.29) is 43.0 Å². The highest BCUT2D eigenvalue weighted by atomic mass is 35.5. The van der Waals surface area contributed by atoms with Gasteiger partial charge in [0, 0.05) is 11.1 Å². The van der Waals surface area contributed by atoms with Crippen molar-refractivity contribution < 1.29 is 26.4 Å². The molecule has 2 atom stereocenters. The predicted molar refractivity (Wildman–Crippen MR) is 185 cm³/mol. The Morgan fingerprint density at radius 2 is 1.00 bits per heavy atom. The van der Waals surface area contributed by atoms with E-state index in [1.54, 1.807) is 10.0 Å². The van der Waals surface area contributed by atoms with Crippen LogP contribution in [0.2, 0.25) is 10.0 Å². The number of hydrogen-bond donors (Lipinski definition) is 4. The molecular formula is C32H32Cl2N6O6S2. The van der Waals surface area contributed by atoms with Crippen LogP contribution in [0.15, 0.2) is 94.7 Å². The van der Waals surface area contributed by atoms with E-state index < -0.39 is 31.9 Å². The van der Waals surface area contributed by atoms with Crippen molar-refractivity contribution in [1.29, 1.82) is 0 Å². The van der Waals surface area contributed by atoms with E-state index in [1.165, 1.54) is 36.4 Å². The van der Waals surface area contributed by atoms with Crippen LogP contribution < -0.4 is 31.1 Å². The summed E-state index contributed by atoms with van der Waals surface area (Å²) in [5.74, 6) is -0.861. The number of hydrogen-bond acceptors (Lipinski definition) is 8. The lowest BCUT2D eigenvalue weighted by molar-refractivity contribution is 0.0938. The van der Waals surface area contributed by atoms with Crippen LogP contribution in [0.1, 0.15) is 45.7 Å². The van der Waals surface area contributed by atoms with Gasteiger partial charge in [0.1, 0.15) is 9.79 Å². The van der Waals surface area contributed by atoms with Crippen molar-refractivity contribution in [2.75, 3.05) is 10.0 Å². The number of carbonyl (C=O) groups is 2. The molecule has 0 radical (unpaired) electrons.